The normalized spacial score (nSPS) is 18.3. The number of alkyl halides is 3. The van der Waals surface area contributed by atoms with E-state index in [0.717, 1.165) is 37.3 Å². The lowest BCUT2D eigenvalue weighted by molar-refractivity contribution is -0.137. The summed E-state index contributed by atoms with van der Waals surface area (Å²) in [4.78, 5) is 0. The average Bonchev–Trinajstić information content (AvgIpc) is 2.45. The van der Waals surface area contributed by atoms with Gasteiger partial charge in [0.15, 0.2) is 0 Å². The molecule has 0 spiro atoms. The van der Waals surface area contributed by atoms with Crippen LogP contribution in [0.3, 0.4) is 0 Å². The first-order valence-corrected chi connectivity index (χ1v) is 7.09. The van der Waals surface area contributed by atoms with E-state index in [1.54, 1.807) is 12.1 Å². The minimum atomic E-state index is -4.32. The lowest BCUT2D eigenvalue weighted by atomic mass is 9.83. The number of halogens is 3. The van der Waals surface area contributed by atoms with Crippen molar-refractivity contribution in [1.82, 2.24) is 0 Å². The van der Waals surface area contributed by atoms with Crippen molar-refractivity contribution in [3.63, 3.8) is 0 Å². The zero-order valence-corrected chi connectivity index (χ0v) is 11.4. The summed E-state index contributed by atoms with van der Waals surface area (Å²) in [5.74, 6) is 0.343. The molecule has 1 saturated carbocycles. The molecule has 1 fully saturated rings. The third kappa shape index (κ3) is 3.63. The molecule has 1 nitrogen and oxygen atoms in total. The highest BCUT2D eigenvalue weighted by molar-refractivity contribution is 5.58. The summed E-state index contributed by atoms with van der Waals surface area (Å²) in [6, 6.07) is 5.70. The first kappa shape index (κ1) is 15.1. The van der Waals surface area contributed by atoms with Crippen molar-refractivity contribution in [2.24, 2.45) is 11.7 Å². The smallest absolute Gasteiger partial charge is 0.327 e. The van der Waals surface area contributed by atoms with Gasteiger partial charge >= 0.3 is 6.18 Å². The molecule has 0 radical (unpaired) electrons. The lowest BCUT2D eigenvalue weighted by Gasteiger charge is -2.24. The molecule has 0 bridgehead atoms. The first-order valence-electron chi connectivity index (χ1n) is 7.09. The van der Waals surface area contributed by atoms with Crippen LogP contribution < -0.4 is 5.73 Å². The molecule has 1 aliphatic rings. The van der Waals surface area contributed by atoms with Crippen LogP contribution in [0.5, 0.6) is 0 Å². The van der Waals surface area contributed by atoms with Gasteiger partial charge in [0.1, 0.15) is 0 Å². The third-order valence-electron chi connectivity index (χ3n) is 3.97. The predicted octanol–water partition coefficient (Wildman–Crippen LogP) is 4.63. The summed E-state index contributed by atoms with van der Waals surface area (Å²) >= 11 is 0. The van der Waals surface area contributed by atoms with Crippen molar-refractivity contribution < 1.29 is 13.2 Å². The topological polar surface area (TPSA) is 26.0 Å². The van der Waals surface area contributed by atoms with Gasteiger partial charge < -0.3 is 5.73 Å². The Morgan fingerprint density at radius 3 is 2.40 bits per heavy atom. The van der Waals surface area contributed by atoms with Crippen LogP contribution in [0.2, 0.25) is 0 Å². The van der Waals surface area contributed by atoms with Gasteiger partial charge in [0.2, 0.25) is 0 Å². The Kier molecular flexibility index (Phi) is 4.86. The maximum Gasteiger partial charge on any atom is 0.416 e. The van der Waals surface area contributed by atoms with Crippen LogP contribution in [0.25, 0.3) is 6.08 Å². The van der Waals surface area contributed by atoms with Crippen molar-refractivity contribution in [2.75, 3.05) is 6.54 Å². The van der Waals surface area contributed by atoms with E-state index in [0.29, 0.717) is 12.5 Å². The minimum absolute atomic E-state index is 0.228. The number of hydrogen-bond acceptors (Lipinski definition) is 1. The number of benzene rings is 1. The van der Waals surface area contributed by atoms with Crippen molar-refractivity contribution in [3.8, 4) is 0 Å². The molecule has 0 saturated heterocycles. The molecule has 4 heteroatoms. The number of nitrogens with two attached hydrogens (primary N) is 1. The second kappa shape index (κ2) is 6.44. The summed E-state index contributed by atoms with van der Waals surface area (Å²) in [5.41, 5.74) is 6.35. The largest absolute Gasteiger partial charge is 0.416 e. The van der Waals surface area contributed by atoms with Gasteiger partial charge in [0, 0.05) is 6.54 Å². The Labute approximate surface area is 117 Å². The van der Waals surface area contributed by atoms with E-state index in [1.807, 2.05) is 0 Å². The Morgan fingerprint density at radius 2 is 1.80 bits per heavy atom. The highest BCUT2D eigenvalue weighted by Gasteiger charge is 2.32. The highest BCUT2D eigenvalue weighted by atomic mass is 19.4. The summed E-state index contributed by atoms with van der Waals surface area (Å²) in [6.07, 6.45) is 2.91. The first-order chi connectivity index (χ1) is 9.52. The van der Waals surface area contributed by atoms with Crippen molar-refractivity contribution in [2.45, 2.75) is 38.3 Å². The molecule has 0 heterocycles. The zero-order chi connectivity index (χ0) is 14.6. The number of rotatable bonds is 3. The van der Waals surface area contributed by atoms with Crippen LogP contribution in [-0.4, -0.2) is 6.54 Å². The van der Waals surface area contributed by atoms with E-state index < -0.39 is 11.7 Å². The second-order valence-corrected chi connectivity index (χ2v) is 5.34. The minimum Gasteiger partial charge on any atom is -0.327 e. The van der Waals surface area contributed by atoms with Crippen molar-refractivity contribution in [1.29, 1.82) is 0 Å². The Morgan fingerprint density at radius 1 is 1.15 bits per heavy atom. The standard InChI is InChI=1S/C16H20F3N/c17-16(18,19)15-9-5-4-8-13(15)10-14(11-20)12-6-2-1-3-7-12/h4-5,8-10,12H,1-3,6-7,11,20H2/b14-10-. The average molecular weight is 283 g/mol. The van der Waals surface area contributed by atoms with Gasteiger partial charge in [-0.15, -0.1) is 0 Å². The van der Waals surface area contributed by atoms with Crippen LogP contribution in [0, 0.1) is 5.92 Å². The van der Waals surface area contributed by atoms with Crippen molar-refractivity contribution in [3.05, 3.63) is 41.0 Å². The molecular weight excluding hydrogens is 263 g/mol. The van der Waals surface area contributed by atoms with Crippen molar-refractivity contribution >= 4 is 6.08 Å². The van der Waals surface area contributed by atoms with Gasteiger partial charge in [-0.05, 0) is 30.4 Å². The molecule has 110 valence electrons. The van der Waals surface area contributed by atoms with E-state index in [4.69, 9.17) is 5.73 Å². The molecule has 0 aromatic heterocycles. The highest BCUT2D eigenvalue weighted by Crippen LogP contribution is 2.35. The van der Waals surface area contributed by atoms with Crippen LogP contribution in [0.15, 0.2) is 29.8 Å². The zero-order valence-electron chi connectivity index (χ0n) is 11.4. The molecule has 1 aromatic carbocycles. The van der Waals surface area contributed by atoms with Gasteiger partial charge in [0.25, 0.3) is 0 Å². The van der Waals surface area contributed by atoms with Gasteiger partial charge in [0.05, 0.1) is 5.56 Å². The Balaban J connectivity index is 2.32. The summed E-state index contributed by atoms with van der Waals surface area (Å²) in [6.45, 7) is 0.330. The van der Waals surface area contributed by atoms with E-state index in [2.05, 4.69) is 0 Å². The van der Waals surface area contributed by atoms with E-state index in [1.165, 1.54) is 18.6 Å². The molecular formula is C16H20F3N. The maximum absolute atomic E-state index is 13.0. The van der Waals surface area contributed by atoms with Crippen LogP contribution in [0.4, 0.5) is 13.2 Å². The van der Waals surface area contributed by atoms with Gasteiger partial charge in [-0.2, -0.15) is 13.2 Å². The van der Waals surface area contributed by atoms with E-state index in [9.17, 15) is 13.2 Å². The molecule has 20 heavy (non-hydrogen) atoms. The molecule has 1 aromatic rings. The molecule has 1 aliphatic carbocycles. The summed E-state index contributed by atoms with van der Waals surface area (Å²) in [5, 5.41) is 0. The Hall–Kier alpha value is -1.29. The maximum atomic E-state index is 13.0. The molecule has 0 atom stereocenters. The molecule has 0 aliphatic heterocycles. The lowest BCUT2D eigenvalue weighted by Crippen LogP contribution is -2.16. The fourth-order valence-corrected chi connectivity index (χ4v) is 2.90. The summed E-state index contributed by atoms with van der Waals surface area (Å²) < 4.78 is 39.0. The quantitative estimate of drug-likeness (QED) is 0.860. The fraction of sp³-hybridized carbons (Fsp3) is 0.500. The predicted molar refractivity (Wildman–Crippen MR) is 75.1 cm³/mol. The van der Waals surface area contributed by atoms with E-state index in [-0.39, 0.29) is 5.56 Å². The van der Waals surface area contributed by atoms with Crippen LogP contribution >= 0.6 is 0 Å². The SMILES string of the molecule is NC/C(=C/c1ccccc1C(F)(F)F)C1CCCCC1. The fourth-order valence-electron chi connectivity index (χ4n) is 2.90. The monoisotopic (exact) mass is 283 g/mol. The Bertz CT molecular complexity index is 471. The molecule has 2 rings (SSSR count). The molecule has 2 N–H and O–H groups in total. The van der Waals surface area contributed by atoms with Gasteiger partial charge in [-0.1, -0.05) is 49.1 Å². The van der Waals surface area contributed by atoms with E-state index >= 15 is 0 Å². The van der Waals surface area contributed by atoms with Crippen LogP contribution in [-0.2, 0) is 6.18 Å². The second-order valence-electron chi connectivity index (χ2n) is 5.34. The van der Waals surface area contributed by atoms with Gasteiger partial charge in [-0.25, -0.2) is 0 Å². The molecule has 0 unspecified atom stereocenters. The summed E-state index contributed by atoms with van der Waals surface area (Å²) in [7, 11) is 0. The van der Waals surface area contributed by atoms with Gasteiger partial charge in [-0.3, -0.25) is 0 Å². The van der Waals surface area contributed by atoms with Crippen LogP contribution in [0.1, 0.15) is 43.2 Å². The third-order valence-corrected chi connectivity index (χ3v) is 3.97. The molecule has 0 amide bonds. The number of hydrogen-bond donors (Lipinski definition) is 1.